The Balaban J connectivity index is 2.32. The van der Waals surface area contributed by atoms with Crippen LogP contribution in [0.2, 0.25) is 0 Å². The van der Waals surface area contributed by atoms with E-state index in [0.717, 1.165) is 0 Å². The van der Waals surface area contributed by atoms with Crippen molar-refractivity contribution in [3.8, 4) is 0 Å². The zero-order chi connectivity index (χ0) is 13.5. The van der Waals surface area contributed by atoms with Crippen LogP contribution in [0.1, 0.15) is 34.6 Å². The van der Waals surface area contributed by atoms with Gasteiger partial charge >= 0.3 is 0 Å². The van der Waals surface area contributed by atoms with E-state index in [2.05, 4.69) is 0 Å². The Bertz CT molecular complexity index is 516. The second kappa shape index (κ2) is 3.92. The van der Waals surface area contributed by atoms with Gasteiger partial charge in [0.2, 0.25) is 0 Å². The predicted octanol–water partition coefficient (Wildman–Crippen LogP) is 0.478. The average Bonchev–Trinajstić information content (AvgIpc) is 2.55. The molecule has 1 aromatic carbocycles. The molecule has 6 nitrogen and oxygen atoms in total. The Morgan fingerprint density at radius 2 is 1.61 bits per heavy atom. The van der Waals surface area contributed by atoms with Crippen LogP contribution in [-0.2, 0) is 9.63 Å². The molecule has 0 aromatic heterocycles. The molecule has 1 aliphatic heterocycles. The molecule has 1 aliphatic rings. The number of nitrogens with zero attached hydrogens (tertiary/aromatic N) is 1. The van der Waals surface area contributed by atoms with E-state index in [-0.39, 0.29) is 11.1 Å². The topological polar surface area (TPSA) is 89.7 Å². The highest BCUT2D eigenvalue weighted by molar-refractivity contribution is 6.20. The maximum Gasteiger partial charge on any atom is 0.285 e. The van der Waals surface area contributed by atoms with Gasteiger partial charge < -0.3 is 5.73 Å². The van der Waals surface area contributed by atoms with E-state index in [0.29, 0.717) is 5.06 Å². The van der Waals surface area contributed by atoms with Crippen molar-refractivity contribution < 1.29 is 19.2 Å². The molecule has 0 fully saturated rings. The molecule has 2 rings (SSSR count). The molecule has 0 bridgehead atoms. The zero-order valence-corrected chi connectivity index (χ0v) is 9.97. The maximum absolute atomic E-state index is 11.9. The maximum atomic E-state index is 11.9. The highest BCUT2D eigenvalue weighted by Gasteiger charge is 2.41. The molecule has 0 aliphatic carbocycles. The lowest BCUT2D eigenvalue weighted by atomic mass is 10.1. The summed E-state index contributed by atoms with van der Waals surface area (Å²) in [5.41, 5.74) is 4.20. The number of nitrogens with two attached hydrogens (primary N) is 1. The van der Waals surface area contributed by atoms with E-state index >= 15 is 0 Å². The molecule has 94 valence electrons. The third-order valence-corrected chi connectivity index (χ3v) is 2.67. The van der Waals surface area contributed by atoms with Gasteiger partial charge in [-0.15, -0.1) is 5.06 Å². The lowest BCUT2D eigenvalue weighted by Gasteiger charge is -2.25. The van der Waals surface area contributed by atoms with Crippen LogP contribution in [0.15, 0.2) is 24.3 Å². The Hall–Kier alpha value is -2.21. The second-order valence-corrected chi connectivity index (χ2v) is 4.42. The summed E-state index contributed by atoms with van der Waals surface area (Å²) in [6.07, 6.45) is 0. The average molecular weight is 248 g/mol. The van der Waals surface area contributed by atoms with Crippen molar-refractivity contribution in [3.63, 3.8) is 0 Å². The molecule has 0 saturated carbocycles. The van der Waals surface area contributed by atoms with E-state index in [1.807, 2.05) is 0 Å². The highest BCUT2D eigenvalue weighted by atomic mass is 16.7. The minimum Gasteiger partial charge on any atom is -0.367 e. The van der Waals surface area contributed by atoms with Gasteiger partial charge in [-0.25, -0.2) is 4.84 Å². The zero-order valence-electron chi connectivity index (χ0n) is 9.97. The van der Waals surface area contributed by atoms with E-state index < -0.39 is 23.3 Å². The molecule has 0 atom stereocenters. The van der Waals surface area contributed by atoms with Crippen LogP contribution < -0.4 is 5.73 Å². The number of imide groups is 1. The minimum atomic E-state index is -1.44. The van der Waals surface area contributed by atoms with Crippen molar-refractivity contribution in [2.75, 3.05) is 0 Å². The quantitative estimate of drug-likeness (QED) is 0.788. The van der Waals surface area contributed by atoms with Crippen molar-refractivity contribution in [2.24, 2.45) is 5.73 Å². The molecule has 2 N–H and O–H groups in total. The van der Waals surface area contributed by atoms with Crippen molar-refractivity contribution in [3.05, 3.63) is 35.4 Å². The number of hydroxylamine groups is 2. The fourth-order valence-corrected chi connectivity index (χ4v) is 1.52. The van der Waals surface area contributed by atoms with Gasteiger partial charge in [0.1, 0.15) is 0 Å². The molecule has 6 heteroatoms. The van der Waals surface area contributed by atoms with Gasteiger partial charge in [0.05, 0.1) is 11.1 Å². The molecule has 0 unspecified atom stereocenters. The van der Waals surface area contributed by atoms with E-state index in [9.17, 15) is 14.4 Å². The molecule has 1 aromatic rings. The van der Waals surface area contributed by atoms with Gasteiger partial charge in [0, 0.05) is 0 Å². The first-order chi connectivity index (χ1) is 8.34. The summed E-state index contributed by atoms with van der Waals surface area (Å²) >= 11 is 0. The number of benzene rings is 1. The van der Waals surface area contributed by atoms with E-state index in [1.165, 1.54) is 26.0 Å². The minimum absolute atomic E-state index is 0.253. The molecule has 3 amide bonds. The summed E-state index contributed by atoms with van der Waals surface area (Å²) in [5, 5.41) is 0.579. The lowest BCUT2D eigenvalue weighted by molar-refractivity contribution is -0.182. The van der Waals surface area contributed by atoms with Crippen LogP contribution in [0.3, 0.4) is 0 Å². The van der Waals surface area contributed by atoms with Gasteiger partial charge in [-0.1, -0.05) is 12.1 Å². The molecule has 0 spiro atoms. The molecule has 0 radical (unpaired) electrons. The van der Waals surface area contributed by atoms with Crippen LogP contribution in [0.4, 0.5) is 0 Å². The number of rotatable bonds is 3. The number of primary amides is 1. The smallest absolute Gasteiger partial charge is 0.285 e. The molecule has 0 saturated heterocycles. The highest BCUT2D eigenvalue weighted by Crippen LogP contribution is 2.25. The summed E-state index contributed by atoms with van der Waals surface area (Å²) in [5.74, 6) is -1.95. The summed E-state index contributed by atoms with van der Waals surface area (Å²) in [7, 11) is 0. The number of carbonyl (C=O) groups is 3. The van der Waals surface area contributed by atoms with Gasteiger partial charge in [-0.2, -0.15) is 0 Å². The number of hydrogen-bond acceptors (Lipinski definition) is 4. The van der Waals surface area contributed by atoms with Gasteiger partial charge in [-0.3, -0.25) is 14.4 Å². The monoisotopic (exact) mass is 248 g/mol. The third-order valence-electron chi connectivity index (χ3n) is 2.67. The number of amides is 3. The van der Waals surface area contributed by atoms with Crippen LogP contribution >= 0.6 is 0 Å². The van der Waals surface area contributed by atoms with Gasteiger partial charge in [0.25, 0.3) is 17.7 Å². The Labute approximate surface area is 103 Å². The Morgan fingerprint density at radius 3 is 2.00 bits per heavy atom. The fourth-order valence-electron chi connectivity index (χ4n) is 1.52. The first-order valence-corrected chi connectivity index (χ1v) is 5.31. The van der Waals surface area contributed by atoms with Crippen molar-refractivity contribution in [1.82, 2.24) is 5.06 Å². The number of fused-ring (bicyclic) bond motifs is 1. The number of hydrogen-bond donors (Lipinski definition) is 1. The Morgan fingerprint density at radius 1 is 1.17 bits per heavy atom. The first-order valence-electron chi connectivity index (χ1n) is 5.31. The molecular weight excluding hydrogens is 236 g/mol. The van der Waals surface area contributed by atoms with Crippen molar-refractivity contribution in [1.29, 1.82) is 0 Å². The largest absolute Gasteiger partial charge is 0.367 e. The molecule has 1 heterocycles. The first kappa shape index (κ1) is 12.3. The van der Waals surface area contributed by atoms with Crippen molar-refractivity contribution in [2.45, 2.75) is 19.4 Å². The summed E-state index contributed by atoms with van der Waals surface area (Å²) in [6.45, 7) is 2.78. The molecular formula is C12H12N2O4. The van der Waals surface area contributed by atoms with Crippen molar-refractivity contribution >= 4 is 17.7 Å². The van der Waals surface area contributed by atoms with Gasteiger partial charge in [0.15, 0.2) is 5.60 Å². The van der Waals surface area contributed by atoms with Gasteiger partial charge in [-0.05, 0) is 26.0 Å². The van der Waals surface area contributed by atoms with E-state index in [1.54, 1.807) is 12.1 Å². The Kier molecular flexibility index (Phi) is 2.67. The van der Waals surface area contributed by atoms with E-state index in [4.69, 9.17) is 10.6 Å². The van der Waals surface area contributed by atoms with Crippen LogP contribution in [0.5, 0.6) is 0 Å². The predicted molar refractivity (Wildman–Crippen MR) is 61.3 cm³/mol. The van der Waals surface area contributed by atoms with Crippen LogP contribution in [0.25, 0.3) is 0 Å². The summed E-state index contributed by atoms with van der Waals surface area (Å²) in [6, 6.07) is 6.34. The molecule has 18 heavy (non-hydrogen) atoms. The van der Waals surface area contributed by atoms with Crippen LogP contribution in [-0.4, -0.2) is 28.4 Å². The summed E-state index contributed by atoms with van der Waals surface area (Å²) in [4.78, 5) is 40.1. The third kappa shape index (κ3) is 1.76. The SMILES string of the molecule is CC(C)(ON1C(=O)c2ccccc2C1=O)C(N)=O. The summed E-state index contributed by atoms with van der Waals surface area (Å²) < 4.78 is 0. The number of carbonyl (C=O) groups excluding carboxylic acids is 3. The second-order valence-electron chi connectivity index (χ2n) is 4.42. The van der Waals surface area contributed by atoms with Crippen LogP contribution in [0, 0.1) is 0 Å². The normalized spacial score (nSPS) is 14.9. The lowest BCUT2D eigenvalue weighted by Crippen LogP contribution is -2.47. The fraction of sp³-hybridized carbons (Fsp3) is 0.250. The standard InChI is InChI=1S/C12H12N2O4/c1-12(2,11(13)17)18-14-9(15)7-5-3-4-6-8(7)10(14)16/h3-6H,1-2H3,(H2,13,17).